The van der Waals surface area contributed by atoms with Crippen molar-refractivity contribution in [1.82, 2.24) is 34.9 Å². The fourth-order valence-electron chi connectivity index (χ4n) is 1.98. The van der Waals surface area contributed by atoms with Crippen LogP contribution < -0.4 is 10.6 Å². The van der Waals surface area contributed by atoms with E-state index in [1.165, 1.54) is 0 Å². The molecule has 21 heavy (non-hydrogen) atoms. The number of imidazole rings is 1. The normalized spacial score (nSPS) is 11.6. The molecule has 0 saturated heterocycles. The summed E-state index contributed by atoms with van der Waals surface area (Å²) in [6.45, 7) is 5.31. The third-order valence-electron chi connectivity index (χ3n) is 3.10. The van der Waals surface area contributed by atoms with E-state index >= 15 is 0 Å². The van der Waals surface area contributed by atoms with Crippen LogP contribution in [0.5, 0.6) is 0 Å². The van der Waals surface area contributed by atoms with Crippen molar-refractivity contribution in [2.75, 3.05) is 20.1 Å². The molecule has 0 aliphatic heterocycles. The number of nitrogens with zero attached hydrogens (tertiary/aromatic N) is 6. The summed E-state index contributed by atoms with van der Waals surface area (Å²) in [7, 11) is 1.77. The number of hydrogen-bond donors (Lipinski definition) is 2. The average Bonchev–Trinajstić information content (AvgIpc) is 3.16. The van der Waals surface area contributed by atoms with Gasteiger partial charge in [-0.25, -0.2) is 4.98 Å². The summed E-state index contributed by atoms with van der Waals surface area (Å²) in [5.41, 5.74) is 0. The average molecular weight is 290 g/mol. The summed E-state index contributed by atoms with van der Waals surface area (Å²) < 4.78 is 4.07. The summed E-state index contributed by atoms with van der Waals surface area (Å²) in [5.74, 6) is 1.79. The van der Waals surface area contributed by atoms with E-state index in [1.54, 1.807) is 25.9 Å². The van der Waals surface area contributed by atoms with Crippen LogP contribution in [0, 0.1) is 0 Å². The molecule has 0 aliphatic rings. The van der Waals surface area contributed by atoms with Crippen molar-refractivity contribution in [3.63, 3.8) is 0 Å². The number of rotatable bonds is 7. The Morgan fingerprint density at radius 3 is 2.71 bits per heavy atom. The topological polar surface area (TPSA) is 85.0 Å². The Morgan fingerprint density at radius 1 is 1.24 bits per heavy atom. The van der Waals surface area contributed by atoms with E-state index in [0.29, 0.717) is 0 Å². The van der Waals surface area contributed by atoms with Gasteiger partial charge in [-0.1, -0.05) is 6.92 Å². The first-order valence-corrected chi connectivity index (χ1v) is 7.10. The van der Waals surface area contributed by atoms with Crippen LogP contribution in [0.15, 0.2) is 30.0 Å². The maximum absolute atomic E-state index is 4.20. The Balaban J connectivity index is 1.68. The number of aryl methyl sites for hydroxylation is 1. The highest BCUT2D eigenvalue weighted by Gasteiger charge is 2.02. The second kappa shape index (κ2) is 8.03. The summed E-state index contributed by atoms with van der Waals surface area (Å²) in [6.07, 6.45) is 8.16. The monoisotopic (exact) mass is 290 g/mol. The molecule has 2 aromatic heterocycles. The number of guanidine groups is 1. The molecule has 8 heteroatoms. The van der Waals surface area contributed by atoms with E-state index in [1.807, 2.05) is 15.3 Å². The van der Waals surface area contributed by atoms with E-state index in [4.69, 9.17) is 0 Å². The maximum atomic E-state index is 4.20. The van der Waals surface area contributed by atoms with Crippen molar-refractivity contribution >= 4 is 5.96 Å². The van der Waals surface area contributed by atoms with Gasteiger partial charge in [0.15, 0.2) is 5.96 Å². The van der Waals surface area contributed by atoms with Crippen molar-refractivity contribution in [2.24, 2.45) is 4.99 Å². The zero-order valence-corrected chi connectivity index (χ0v) is 12.5. The molecule has 2 aromatic rings. The smallest absolute Gasteiger partial charge is 0.191 e. The molecule has 114 valence electrons. The third kappa shape index (κ3) is 4.59. The highest BCUT2D eigenvalue weighted by molar-refractivity contribution is 5.79. The van der Waals surface area contributed by atoms with Gasteiger partial charge in [0, 0.05) is 52.0 Å². The molecule has 2 rings (SSSR count). The molecule has 8 nitrogen and oxygen atoms in total. The van der Waals surface area contributed by atoms with Gasteiger partial charge in [-0.3, -0.25) is 4.99 Å². The Morgan fingerprint density at radius 2 is 2.05 bits per heavy atom. The molecule has 0 unspecified atom stereocenters. The maximum Gasteiger partial charge on any atom is 0.191 e. The lowest BCUT2D eigenvalue weighted by Crippen LogP contribution is -2.40. The van der Waals surface area contributed by atoms with E-state index in [2.05, 4.69) is 37.7 Å². The van der Waals surface area contributed by atoms with Crippen molar-refractivity contribution < 1.29 is 0 Å². The van der Waals surface area contributed by atoms with Crippen molar-refractivity contribution in [3.05, 3.63) is 30.9 Å². The highest BCUT2D eigenvalue weighted by atomic mass is 15.3. The first kappa shape index (κ1) is 15.0. The Bertz CT molecular complexity index is 542. The van der Waals surface area contributed by atoms with Gasteiger partial charge in [-0.2, -0.15) is 0 Å². The lowest BCUT2D eigenvalue weighted by molar-refractivity contribution is 0.622. The molecule has 0 bridgehead atoms. The third-order valence-corrected chi connectivity index (χ3v) is 3.10. The van der Waals surface area contributed by atoms with E-state index in [0.717, 1.165) is 44.4 Å². The number of aliphatic imine (C=N–C) groups is 1. The fourth-order valence-corrected chi connectivity index (χ4v) is 1.98. The van der Waals surface area contributed by atoms with Crippen LogP contribution in [-0.4, -0.2) is 50.4 Å². The van der Waals surface area contributed by atoms with Crippen LogP contribution in [0.3, 0.4) is 0 Å². The van der Waals surface area contributed by atoms with Gasteiger partial charge in [-0.05, 0) is 0 Å². The number of hydrogen-bond acceptors (Lipinski definition) is 4. The van der Waals surface area contributed by atoms with Gasteiger partial charge >= 0.3 is 0 Å². The van der Waals surface area contributed by atoms with E-state index in [-0.39, 0.29) is 0 Å². The Hall–Kier alpha value is -2.38. The summed E-state index contributed by atoms with van der Waals surface area (Å²) >= 11 is 0. The second-order valence-electron chi connectivity index (χ2n) is 4.52. The van der Waals surface area contributed by atoms with Crippen LogP contribution in [0.1, 0.15) is 12.7 Å². The number of aromatic nitrogens is 5. The summed E-state index contributed by atoms with van der Waals surface area (Å²) in [5, 5.41) is 14.5. The van der Waals surface area contributed by atoms with Crippen LogP contribution >= 0.6 is 0 Å². The van der Waals surface area contributed by atoms with E-state index < -0.39 is 0 Å². The molecule has 0 spiro atoms. The molecular formula is C13H22N8. The second-order valence-corrected chi connectivity index (χ2v) is 4.52. The van der Waals surface area contributed by atoms with E-state index in [9.17, 15) is 0 Å². The first-order chi connectivity index (χ1) is 10.3. The minimum absolute atomic E-state index is 0.774. The van der Waals surface area contributed by atoms with Gasteiger partial charge in [0.25, 0.3) is 0 Å². The zero-order valence-electron chi connectivity index (χ0n) is 12.5. The molecule has 0 fully saturated rings. The van der Waals surface area contributed by atoms with Gasteiger partial charge in [0.1, 0.15) is 12.2 Å². The molecule has 2 N–H and O–H groups in total. The number of nitrogens with one attached hydrogen (secondary N) is 2. The molecule has 0 aliphatic carbocycles. The lowest BCUT2D eigenvalue weighted by Gasteiger charge is -2.12. The molecule has 0 aromatic carbocycles. The Labute approximate surface area is 124 Å². The van der Waals surface area contributed by atoms with Crippen molar-refractivity contribution in [2.45, 2.75) is 26.4 Å². The van der Waals surface area contributed by atoms with Crippen LogP contribution in [-0.2, 0) is 19.5 Å². The zero-order chi connectivity index (χ0) is 14.9. The fraction of sp³-hybridized carbons (Fsp3) is 0.538. The predicted octanol–water partition coefficient (Wildman–Crippen LogP) is -0.0978. The first-order valence-electron chi connectivity index (χ1n) is 7.10. The molecule has 0 saturated carbocycles. The van der Waals surface area contributed by atoms with Crippen LogP contribution in [0.25, 0.3) is 0 Å². The standard InChI is InChI=1S/C13H22N8/c1-3-12-19-18-11-21(12)9-6-17-13(14-2)16-5-8-20-7-4-15-10-20/h4,7,10-11H,3,5-6,8-9H2,1-2H3,(H2,14,16,17). The minimum atomic E-state index is 0.774. The largest absolute Gasteiger partial charge is 0.355 e. The van der Waals surface area contributed by atoms with Crippen molar-refractivity contribution in [1.29, 1.82) is 0 Å². The molecule has 0 radical (unpaired) electrons. The van der Waals surface area contributed by atoms with Crippen LogP contribution in [0.4, 0.5) is 0 Å². The quantitative estimate of drug-likeness (QED) is 0.549. The SMILES string of the molecule is CCc1nncn1CCNC(=NC)NCCn1ccnc1. The van der Waals surface area contributed by atoms with Gasteiger partial charge in [-0.15, -0.1) is 10.2 Å². The predicted molar refractivity (Wildman–Crippen MR) is 81.0 cm³/mol. The molecule has 0 amide bonds. The highest BCUT2D eigenvalue weighted by Crippen LogP contribution is 1.94. The molecule has 0 atom stereocenters. The molecule has 2 heterocycles. The van der Waals surface area contributed by atoms with Gasteiger partial charge in [0.05, 0.1) is 6.33 Å². The summed E-state index contributed by atoms with van der Waals surface area (Å²) in [4.78, 5) is 8.21. The minimum Gasteiger partial charge on any atom is -0.355 e. The van der Waals surface area contributed by atoms with Crippen molar-refractivity contribution in [3.8, 4) is 0 Å². The summed E-state index contributed by atoms with van der Waals surface area (Å²) in [6, 6.07) is 0. The van der Waals surface area contributed by atoms with Crippen LogP contribution in [0.2, 0.25) is 0 Å². The van der Waals surface area contributed by atoms with Gasteiger partial charge < -0.3 is 19.8 Å². The molecular weight excluding hydrogens is 268 g/mol. The Kier molecular flexibility index (Phi) is 5.74. The van der Waals surface area contributed by atoms with Gasteiger partial charge in [0.2, 0.25) is 0 Å². The lowest BCUT2D eigenvalue weighted by atomic mass is 10.4.